The fourth-order valence-electron chi connectivity index (χ4n) is 4.23. The van der Waals surface area contributed by atoms with Gasteiger partial charge < -0.3 is 18.7 Å². The Bertz CT molecular complexity index is 1630. The molecule has 0 radical (unpaired) electrons. The molecule has 0 aliphatic rings. The number of nitrogens with zero attached hydrogens (tertiary/aromatic N) is 2. The normalized spacial score (nSPS) is 12.2. The third-order valence-electron chi connectivity index (χ3n) is 6.07. The minimum atomic E-state index is -1.06. The molecular weight excluding hydrogens is 446 g/mol. The number of rotatable bonds is 4. The van der Waals surface area contributed by atoms with E-state index in [0.29, 0.717) is 5.52 Å². The number of H-pyrrole nitrogens is 1. The summed E-state index contributed by atoms with van der Waals surface area (Å²) < 4.78 is 14.8. The van der Waals surface area contributed by atoms with Gasteiger partial charge in [-0.05, 0) is 58.2 Å². The lowest BCUT2D eigenvalue weighted by Crippen LogP contribution is -2.18. The van der Waals surface area contributed by atoms with E-state index in [2.05, 4.69) is 4.98 Å². The van der Waals surface area contributed by atoms with Crippen LogP contribution in [0.5, 0.6) is 0 Å². The van der Waals surface area contributed by atoms with Crippen molar-refractivity contribution < 1.29 is 4.55 Å². The highest BCUT2D eigenvalue weighted by Crippen LogP contribution is 2.36. The summed E-state index contributed by atoms with van der Waals surface area (Å²) in [6.07, 6.45) is 5.26. The zero-order valence-electron chi connectivity index (χ0n) is 19.0. The lowest BCUT2D eigenvalue weighted by Gasteiger charge is -2.14. The van der Waals surface area contributed by atoms with Crippen LogP contribution in [-0.4, -0.2) is 24.9 Å². The molecule has 5 aromatic rings. The summed E-state index contributed by atoms with van der Waals surface area (Å²) in [5, 5.41) is 0.742. The van der Waals surface area contributed by atoms with Gasteiger partial charge in [-0.2, -0.15) is 0 Å². The molecule has 6 nitrogen and oxygen atoms in total. The molecule has 1 N–H and O–H groups in total. The standard InChI is InChI=1S/C27H23N3O3S/c1-29-15-22(17-7-5-4-6-8-17)20(14-25(29)31)23-16-30(2)27(32)26-21(23)13-24(28-26)18-9-11-19(12-10-18)34(3)33/h4-16,28H,1-3H3. The highest BCUT2D eigenvalue weighted by molar-refractivity contribution is 7.90. The third kappa shape index (κ3) is 3.79. The van der Waals surface area contributed by atoms with E-state index in [4.69, 9.17) is 0 Å². The van der Waals surface area contributed by atoms with Gasteiger partial charge in [0.05, 0.1) is 0 Å². The van der Waals surface area contributed by atoms with Crippen molar-refractivity contribution in [3.8, 4) is 33.5 Å². The maximum Gasteiger partial charge on any atom is 0.274 e. The molecule has 5 rings (SSSR count). The number of aryl methyl sites for hydroxylation is 2. The summed E-state index contributed by atoms with van der Waals surface area (Å²) in [6, 6.07) is 20.9. The number of hydrogen-bond acceptors (Lipinski definition) is 3. The maximum absolute atomic E-state index is 13.0. The van der Waals surface area contributed by atoms with Gasteiger partial charge in [0.15, 0.2) is 4.90 Å². The van der Waals surface area contributed by atoms with Crippen molar-refractivity contribution in [1.82, 2.24) is 14.1 Å². The van der Waals surface area contributed by atoms with E-state index in [1.54, 1.807) is 37.2 Å². The van der Waals surface area contributed by atoms with E-state index < -0.39 is 11.2 Å². The molecule has 3 heterocycles. The van der Waals surface area contributed by atoms with Gasteiger partial charge in [-0.3, -0.25) is 9.59 Å². The molecule has 0 saturated carbocycles. The molecule has 7 heteroatoms. The van der Waals surface area contributed by atoms with Gasteiger partial charge in [0.2, 0.25) is 0 Å². The van der Waals surface area contributed by atoms with Crippen molar-refractivity contribution in [3.05, 3.63) is 99.8 Å². The van der Waals surface area contributed by atoms with E-state index in [1.165, 1.54) is 4.57 Å². The second-order valence-corrected chi connectivity index (χ2v) is 9.70. The van der Waals surface area contributed by atoms with Crippen LogP contribution in [0, 0.1) is 0 Å². The van der Waals surface area contributed by atoms with Crippen molar-refractivity contribution in [3.63, 3.8) is 0 Å². The van der Waals surface area contributed by atoms with E-state index in [9.17, 15) is 14.1 Å². The first kappa shape index (κ1) is 22.0. The summed E-state index contributed by atoms with van der Waals surface area (Å²) >= 11 is -1.06. The highest BCUT2D eigenvalue weighted by Gasteiger charge is 2.18. The molecule has 170 valence electrons. The van der Waals surface area contributed by atoms with Crippen LogP contribution < -0.4 is 11.1 Å². The molecule has 0 saturated heterocycles. The van der Waals surface area contributed by atoms with E-state index >= 15 is 0 Å². The fraction of sp³-hybridized carbons (Fsp3) is 0.111. The highest BCUT2D eigenvalue weighted by atomic mass is 32.2. The van der Waals surface area contributed by atoms with Gasteiger partial charge in [0.25, 0.3) is 11.1 Å². The second-order valence-electron chi connectivity index (χ2n) is 8.32. The van der Waals surface area contributed by atoms with Gasteiger partial charge >= 0.3 is 0 Å². The second kappa shape index (κ2) is 8.52. The molecule has 0 aliphatic carbocycles. The predicted octanol–water partition coefficient (Wildman–Crippen LogP) is 4.30. The van der Waals surface area contributed by atoms with Gasteiger partial charge in [-0.25, -0.2) is 0 Å². The first-order valence-corrected chi connectivity index (χ1v) is 12.3. The molecule has 0 spiro atoms. The largest absolute Gasteiger partial charge is 0.612 e. The Morgan fingerprint density at radius 2 is 1.47 bits per heavy atom. The molecule has 2 aromatic carbocycles. The Balaban J connectivity index is 1.77. The number of hydrogen-bond donors (Lipinski definition) is 1. The maximum atomic E-state index is 13.0. The van der Waals surface area contributed by atoms with Crippen LogP contribution in [0.3, 0.4) is 0 Å². The minimum Gasteiger partial charge on any atom is -0.612 e. The summed E-state index contributed by atoms with van der Waals surface area (Å²) in [7, 11) is 3.44. The number of pyridine rings is 2. The number of nitrogens with one attached hydrogen (secondary N) is 1. The Hall–Kier alpha value is -3.81. The van der Waals surface area contributed by atoms with Crippen LogP contribution >= 0.6 is 0 Å². The van der Waals surface area contributed by atoms with E-state index in [1.807, 2.05) is 66.9 Å². The quantitative estimate of drug-likeness (QED) is 0.398. The fourth-order valence-corrected chi connectivity index (χ4v) is 4.75. The summed E-state index contributed by atoms with van der Waals surface area (Å²) in [4.78, 5) is 29.7. The molecule has 0 bridgehead atoms. The predicted molar refractivity (Wildman–Crippen MR) is 137 cm³/mol. The topological polar surface area (TPSA) is 82.8 Å². The number of aromatic nitrogens is 3. The Kier molecular flexibility index (Phi) is 5.51. The molecule has 0 amide bonds. The van der Waals surface area contributed by atoms with Crippen molar-refractivity contribution in [2.75, 3.05) is 6.26 Å². The van der Waals surface area contributed by atoms with Crippen LogP contribution in [0.15, 0.2) is 93.6 Å². The molecular formula is C27H23N3O3S. The Morgan fingerprint density at radius 3 is 2.15 bits per heavy atom. The average Bonchev–Trinajstić information content (AvgIpc) is 3.29. The molecule has 3 aromatic heterocycles. The van der Waals surface area contributed by atoms with Gasteiger partial charge in [0, 0.05) is 54.8 Å². The number of benzene rings is 2. The monoisotopic (exact) mass is 469 g/mol. The third-order valence-corrected chi connectivity index (χ3v) is 7.00. The SMILES string of the molecule is Cn1cc(-c2ccccc2)c(-c2cn(C)c(=O)c3[nH]c(-c4ccc([S+](C)[O-])cc4)cc23)cc1=O. The van der Waals surface area contributed by atoms with Gasteiger partial charge in [0.1, 0.15) is 11.8 Å². The summed E-state index contributed by atoms with van der Waals surface area (Å²) in [6.45, 7) is 0. The summed E-state index contributed by atoms with van der Waals surface area (Å²) in [5.74, 6) is 0. The first-order valence-electron chi connectivity index (χ1n) is 10.8. The van der Waals surface area contributed by atoms with Crippen molar-refractivity contribution in [1.29, 1.82) is 0 Å². The van der Waals surface area contributed by atoms with Crippen LogP contribution in [0.1, 0.15) is 0 Å². The zero-order valence-corrected chi connectivity index (χ0v) is 19.8. The summed E-state index contributed by atoms with van der Waals surface area (Å²) in [5.41, 5.74) is 5.28. The Morgan fingerprint density at radius 1 is 0.794 bits per heavy atom. The van der Waals surface area contributed by atoms with Gasteiger partial charge in [-0.15, -0.1) is 0 Å². The van der Waals surface area contributed by atoms with Gasteiger partial charge in [-0.1, -0.05) is 30.3 Å². The Labute approximate surface area is 199 Å². The molecule has 1 unspecified atom stereocenters. The van der Waals surface area contributed by atoms with E-state index in [-0.39, 0.29) is 11.1 Å². The average molecular weight is 470 g/mol. The lowest BCUT2D eigenvalue weighted by molar-refractivity contribution is 0.601. The minimum absolute atomic E-state index is 0.129. The smallest absolute Gasteiger partial charge is 0.274 e. The molecule has 0 aliphatic heterocycles. The van der Waals surface area contributed by atoms with Crippen LogP contribution in [0.2, 0.25) is 0 Å². The van der Waals surface area contributed by atoms with Crippen molar-refractivity contribution in [2.24, 2.45) is 14.1 Å². The van der Waals surface area contributed by atoms with Crippen molar-refractivity contribution >= 4 is 22.1 Å². The molecule has 1 atom stereocenters. The molecule has 0 fully saturated rings. The first-order chi connectivity index (χ1) is 16.3. The van der Waals surface area contributed by atoms with E-state index in [0.717, 1.165) is 43.8 Å². The van der Waals surface area contributed by atoms with Crippen LogP contribution in [0.25, 0.3) is 44.4 Å². The number of aromatic amines is 1. The lowest BCUT2D eigenvalue weighted by atomic mass is 9.95. The van der Waals surface area contributed by atoms with Crippen LogP contribution in [-0.2, 0) is 25.3 Å². The zero-order chi connectivity index (χ0) is 24.0. The number of fused-ring (bicyclic) bond motifs is 1. The van der Waals surface area contributed by atoms with Crippen LogP contribution in [0.4, 0.5) is 0 Å². The molecule has 34 heavy (non-hydrogen) atoms. The van der Waals surface area contributed by atoms with Crippen molar-refractivity contribution in [2.45, 2.75) is 4.90 Å².